The first-order chi connectivity index (χ1) is 13.8. The normalized spacial score (nSPS) is 12.3. The van der Waals surface area contributed by atoms with Crippen molar-refractivity contribution in [3.63, 3.8) is 0 Å². The van der Waals surface area contributed by atoms with Gasteiger partial charge in [0.25, 0.3) is 0 Å². The number of nitrogens with one attached hydrogen (secondary N) is 1. The molecule has 2 heterocycles. The summed E-state index contributed by atoms with van der Waals surface area (Å²) in [6, 6.07) is 5.11. The van der Waals surface area contributed by atoms with Crippen molar-refractivity contribution in [2.75, 3.05) is 12.1 Å². The molecule has 5 nitrogen and oxygen atoms in total. The number of carbonyl (C=O) groups excluding carboxylic acids is 1. The third kappa shape index (κ3) is 3.48. The zero-order valence-electron chi connectivity index (χ0n) is 14.2. The molecule has 2 aromatic carbocycles. The van der Waals surface area contributed by atoms with Gasteiger partial charge in [0, 0.05) is 16.5 Å². The van der Waals surface area contributed by atoms with Crippen LogP contribution in [-0.2, 0) is 11.2 Å². The Hall–Kier alpha value is -3.21. The number of hydrogen-bond donors (Lipinski definition) is 1. The predicted molar refractivity (Wildman–Crippen MR) is 92.2 cm³/mol. The number of carbonyl (C=O) groups is 1. The van der Waals surface area contributed by atoms with Crippen LogP contribution in [0.25, 0.3) is 11.3 Å². The summed E-state index contributed by atoms with van der Waals surface area (Å²) in [4.78, 5) is 16.2. The van der Waals surface area contributed by atoms with Gasteiger partial charge in [-0.25, -0.2) is 26.9 Å². The molecule has 1 amide bonds. The van der Waals surface area contributed by atoms with Crippen molar-refractivity contribution in [3.8, 4) is 22.8 Å². The number of rotatable bonds is 4. The van der Waals surface area contributed by atoms with Crippen LogP contribution < -0.4 is 14.8 Å². The third-order valence-corrected chi connectivity index (χ3v) is 4.81. The minimum Gasteiger partial charge on any atom is -0.454 e. The van der Waals surface area contributed by atoms with Gasteiger partial charge in [0.2, 0.25) is 18.5 Å². The summed E-state index contributed by atoms with van der Waals surface area (Å²) in [7, 11) is 0. The molecule has 0 spiro atoms. The lowest BCUT2D eigenvalue weighted by Crippen LogP contribution is -2.18. The lowest BCUT2D eigenvalue weighted by molar-refractivity contribution is -0.115. The molecule has 0 saturated carbocycles. The van der Waals surface area contributed by atoms with E-state index in [4.69, 9.17) is 9.47 Å². The van der Waals surface area contributed by atoms with Gasteiger partial charge < -0.3 is 14.8 Å². The monoisotopic (exact) mass is 428 g/mol. The van der Waals surface area contributed by atoms with Gasteiger partial charge >= 0.3 is 0 Å². The topological polar surface area (TPSA) is 60.5 Å². The van der Waals surface area contributed by atoms with Gasteiger partial charge in [0.05, 0.1) is 12.1 Å². The molecule has 0 fully saturated rings. The van der Waals surface area contributed by atoms with E-state index in [-0.39, 0.29) is 11.9 Å². The number of fused-ring (bicyclic) bond motifs is 1. The van der Waals surface area contributed by atoms with E-state index in [1.165, 1.54) is 0 Å². The Kier molecular flexibility index (Phi) is 4.82. The average molecular weight is 428 g/mol. The molecule has 1 N–H and O–H groups in total. The van der Waals surface area contributed by atoms with E-state index < -0.39 is 47.0 Å². The number of aromatic nitrogens is 1. The average Bonchev–Trinajstić information content (AvgIpc) is 3.37. The van der Waals surface area contributed by atoms with Gasteiger partial charge in [-0.2, -0.15) is 0 Å². The second-order valence-electron chi connectivity index (χ2n) is 5.88. The maximum atomic E-state index is 13.7. The molecule has 0 aliphatic carbocycles. The number of ether oxygens (including phenoxy) is 2. The molecule has 1 aromatic heterocycles. The Balaban J connectivity index is 1.51. The summed E-state index contributed by atoms with van der Waals surface area (Å²) < 4.78 is 77.4. The van der Waals surface area contributed by atoms with Crippen molar-refractivity contribution in [2.24, 2.45) is 0 Å². The standard InChI is InChI=1S/C18H9F5N2O3S/c19-13-8(14(20)16(22)17(23)15(13)21)4-12(26)25-18-24-9(5-29-18)7-1-2-10-11(3-7)28-6-27-10/h1-3,5H,4,6H2,(H,24,25,26). The number of nitrogens with zero attached hydrogens (tertiary/aromatic N) is 1. The van der Waals surface area contributed by atoms with E-state index in [2.05, 4.69) is 10.3 Å². The number of amides is 1. The Morgan fingerprint density at radius 1 is 1.00 bits per heavy atom. The van der Waals surface area contributed by atoms with E-state index in [0.29, 0.717) is 22.8 Å². The van der Waals surface area contributed by atoms with Crippen LogP contribution in [0.4, 0.5) is 27.1 Å². The van der Waals surface area contributed by atoms with E-state index in [1.807, 2.05) is 0 Å². The molecular formula is C18H9F5N2O3S. The molecule has 1 aliphatic heterocycles. The number of hydrogen-bond acceptors (Lipinski definition) is 5. The minimum absolute atomic E-state index is 0.0894. The van der Waals surface area contributed by atoms with Gasteiger partial charge in [-0.15, -0.1) is 11.3 Å². The van der Waals surface area contributed by atoms with Crippen molar-refractivity contribution in [1.82, 2.24) is 4.98 Å². The van der Waals surface area contributed by atoms with Crippen molar-refractivity contribution in [1.29, 1.82) is 0 Å². The van der Waals surface area contributed by atoms with Crippen LogP contribution in [0.5, 0.6) is 11.5 Å². The molecule has 0 atom stereocenters. The highest BCUT2D eigenvalue weighted by atomic mass is 32.1. The molecule has 1 aliphatic rings. The zero-order chi connectivity index (χ0) is 20.7. The molecule has 3 aromatic rings. The highest BCUT2D eigenvalue weighted by molar-refractivity contribution is 7.14. The maximum absolute atomic E-state index is 13.7. The fourth-order valence-electron chi connectivity index (χ4n) is 2.65. The van der Waals surface area contributed by atoms with Crippen molar-refractivity contribution in [3.05, 3.63) is 58.2 Å². The van der Waals surface area contributed by atoms with E-state index in [9.17, 15) is 26.7 Å². The summed E-state index contributed by atoms with van der Waals surface area (Å²) >= 11 is 1.02. The van der Waals surface area contributed by atoms with Crippen LogP contribution in [0.15, 0.2) is 23.6 Å². The summed E-state index contributed by atoms with van der Waals surface area (Å²) in [5, 5.41) is 3.99. The van der Waals surface area contributed by atoms with Crippen LogP contribution in [0, 0.1) is 29.1 Å². The first-order valence-corrected chi connectivity index (χ1v) is 8.89. The highest BCUT2D eigenvalue weighted by Crippen LogP contribution is 2.36. The molecule has 0 unspecified atom stereocenters. The molecule has 0 bridgehead atoms. The molecule has 4 rings (SSSR count). The molecule has 11 heteroatoms. The summed E-state index contributed by atoms with van der Waals surface area (Å²) in [5.74, 6) is -10.4. The van der Waals surface area contributed by atoms with E-state index in [1.54, 1.807) is 23.6 Å². The number of anilines is 1. The lowest BCUT2D eigenvalue weighted by Gasteiger charge is -2.07. The Morgan fingerprint density at radius 3 is 2.38 bits per heavy atom. The Morgan fingerprint density at radius 2 is 1.66 bits per heavy atom. The fourth-order valence-corrected chi connectivity index (χ4v) is 3.39. The van der Waals surface area contributed by atoms with Gasteiger partial charge in [0.15, 0.2) is 39.9 Å². The van der Waals surface area contributed by atoms with Crippen LogP contribution >= 0.6 is 11.3 Å². The molecule has 29 heavy (non-hydrogen) atoms. The zero-order valence-corrected chi connectivity index (χ0v) is 15.0. The Bertz CT molecular complexity index is 1110. The smallest absolute Gasteiger partial charge is 0.231 e. The lowest BCUT2D eigenvalue weighted by atomic mass is 10.1. The quantitative estimate of drug-likeness (QED) is 0.380. The van der Waals surface area contributed by atoms with Crippen molar-refractivity contribution < 1.29 is 36.2 Å². The molecular weight excluding hydrogens is 419 g/mol. The maximum Gasteiger partial charge on any atom is 0.231 e. The van der Waals surface area contributed by atoms with Crippen molar-refractivity contribution >= 4 is 22.4 Å². The molecule has 150 valence electrons. The summed E-state index contributed by atoms with van der Waals surface area (Å²) in [6.07, 6.45) is -1.05. The van der Waals surface area contributed by atoms with Gasteiger partial charge in [-0.3, -0.25) is 4.79 Å². The summed E-state index contributed by atoms with van der Waals surface area (Å²) in [6.45, 7) is 0.106. The van der Waals surface area contributed by atoms with Crippen LogP contribution in [0.2, 0.25) is 0 Å². The first-order valence-electron chi connectivity index (χ1n) is 8.01. The number of benzene rings is 2. The van der Waals surface area contributed by atoms with Gasteiger partial charge in [0.1, 0.15) is 0 Å². The second-order valence-corrected chi connectivity index (χ2v) is 6.74. The summed E-state index contributed by atoms with van der Waals surface area (Å²) in [5.41, 5.74) is -0.0583. The van der Waals surface area contributed by atoms with Crippen LogP contribution in [0.3, 0.4) is 0 Å². The highest BCUT2D eigenvalue weighted by Gasteiger charge is 2.27. The minimum atomic E-state index is -2.28. The fraction of sp³-hybridized carbons (Fsp3) is 0.111. The van der Waals surface area contributed by atoms with E-state index in [0.717, 1.165) is 11.3 Å². The molecule has 0 saturated heterocycles. The SMILES string of the molecule is O=C(Cc1c(F)c(F)c(F)c(F)c1F)Nc1nc(-c2ccc3c(c2)OCO3)cs1. The van der Waals surface area contributed by atoms with Crippen LogP contribution in [-0.4, -0.2) is 17.7 Å². The van der Waals surface area contributed by atoms with Gasteiger partial charge in [-0.05, 0) is 18.2 Å². The number of thiazole rings is 1. The number of halogens is 5. The Labute approximate surface area is 163 Å². The third-order valence-electron chi connectivity index (χ3n) is 4.06. The van der Waals surface area contributed by atoms with Crippen LogP contribution in [0.1, 0.15) is 5.56 Å². The van der Waals surface area contributed by atoms with E-state index >= 15 is 0 Å². The van der Waals surface area contributed by atoms with Crippen molar-refractivity contribution in [2.45, 2.75) is 6.42 Å². The first kappa shape index (κ1) is 19.1. The predicted octanol–water partition coefficient (Wildman–Crippen LogP) is 4.42. The second kappa shape index (κ2) is 7.32. The van der Waals surface area contributed by atoms with Gasteiger partial charge in [-0.1, -0.05) is 0 Å². The molecule has 0 radical (unpaired) electrons. The largest absolute Gasteiger partial charge is 0.454 e.